The molecule has 0 spiro atoms. The van der Waals surface area contributed by atoms with Gasteiger partial charge in [0, 0.05) is 6.54 Å². The van der Waals surface area contributed by atoms with Crippen LogP contribution in [0.2, 0.25) is 0 Å². The van der Waals surface area contributed by atoms with E-state index in [9.17, 15) is 4.39 Å². The van der Waals surface area contributed by atoms with Gasteiger partial charge >= 0.3 is 0 Å². The molecule has 1 rings (SSSR count). The Morgan fingerprint density at radius 1 is 1.38 bits per heavy atom. The first kappa shape index (κ1) is 10.2. The van der Waals surface area contributed by atoms with Crippen molar-refractivity contribution in [3.05, 3.63) is 35.6 Å². The van der Waals surface area contributed by atoms with Crippen molar-refractivity contribution in [1.82, 2.24) is 5.32 Å². The van der Waals surface area contributed by atoms with Gasteiger partial charge in [-0.15, -0.1) is 0 Å². The van der Waals surface area contributed by atoms with Crippen LogP contribution in [-0.2, 0) is 0 Å². The largest absolute Gasteiger partial charge is 0.319 e. The second-order valence-corrected chi connectivity index (χ2v) is 3.18. The zero-order valence-electron chi connectivity index (χ0n) is 8.18. The molecule has 1 aromatic carbocycles. The molecule has 1 N–H and O–H groups in total. The Kier molecular flexibility index (Phi) is 3.90. The summed E-state index contributed by atoms with van der Waals surface area (Å²) >= 11 is 0. The van der Waals surface area contributed by atoms with Gasteiger partial charge in [-0.25, -0.2) is 4.39 Å². The lowest BCUT2D eigenvalue weighted by atomic mass is 9.96. The first-order valence-corrected chi connectivity index (χ1v) is 4.68. The maximum Gasteiger partial charge on any atom is 0.126 e. The van der Waals surface area contributed by atoms with Crippen molar-refractivity contribution >= 4 is 0 Å². The molecule has 13 heavy (non-hydrogen) atoms. The summed E-state index contributed by atoms with van der Waals surface area (Å²) in [5.74, 6) is 0.191. The third-order valence-electron chi connectivity index (χ3n) is 2.29. The van der Waals surface area contributed by atoms with Crippen molar-refractivity contribution in [1.29, 1.82) is 0 Å². The predicted octanol–water partition coefficient (Wildman–Crippen LogP) is 2.54. The summed E-state index contributed by atoms with van der Waals surface area (Å²) in [6.07, 6.45) is 0.960. The van der Waals surface area contributed by atoms with Crippen LogP contribution < -0.4 is 5.32 Å². The maximum atomic E-state index is 13.3. The van der Waals surface area contributed by atoms with Crippen molar-refractivity contribution < 1.29 is 4.39 Å². The normalized spacial score (nSPS) is 12.8. The van der Waals surface area contributed by atoms with Crippen LogP contribution in [0.3, 0.4) is 0 Å². The van der Waals surface area contributed by atoms with Gasteiger partial charge in [-0.1, -0.05) is 25.1 Å². The van der Waals surface area contributed by atoms with Gasteiger partial charge in [-0.05, 0) is 31.0 Å². The third-order valence-corrected chi connectivity index (χ3v) is 2.29. The topological polar surface area (TPSA) is 12.0 Å². The highest BCUT2D eigenvalue weighted by Crippen LogP contribution is 2.21. The molecule has 0 saturated carbocycles. The summed E-state index contributed by atoms with van der Waals surface area (Å²) in [6.45, 7) is 2.91. The molecule has 1 atom stereocenters. The Bertz CT molecular complexity index is 260. The molecule has 0 bridgehead atoms. The molecule has 0 fully saturated rings. The molecule has 72 valence electrons. The van der Waals surface area contributed by atoms with Gasteiger partial charge in [0.05, 0.1) is 0 Å². The van der Waals surface area contributed by atoms with E-state index in [1.165, 1.54) is 6.07 Å². The zero-order chi connectivity index (χ0) is 9.68. The third kappa shape index (κ3) is 2.52. The Morgan fingerprint density at radius 2 is 2.08 bits per heavy atom. The fourth-order valence-corrected chi connectivity index (χ4v) is 1.53. The lowest BCUT2D eigenvalue weighted by Gasteiger charge is -2.15. The van der Waals surface area contributed by atoms with Crippen LogP contribution in [0.25, 0.3) is 0 Å². The lowest BCUT2D eigenvalue weighted by Crippen LogP contribution is -2.17. The van der Waals surface area contributed by atoms with Crippen LogP contribution in [0, 0.1) is 5.82 Å². The first-order chi connectivity index (χ1) is 6.29. The second-order valence-electron chi connectivity index (χ2n) is 3.18. The van der Waals surface area contributed by atoms with Gasteiger partial charge in [0.25, 0.3) is 0 Å². The highest BCUT2D eigenvalue weighted by Gasteiger charge is 2.11. The minimum atomic E-state index is -0.0930. The molecule has 0 radical (unpaired) electrons. The summed E-state index contributed by atoms with van der Waals surface area (Å²) in [4.78, 5) is 0. The van der Waals surface area contributed by atoms with E-state index in [0.29, 0.717) is 0 Å². The lowest BCUT2D eigenvalue weighted by molar-refractivity contribution is 0.549. The number of likely N-dealkylation sites (N-methyl/N-ethyl adjacent to an activating group) is 1. The average Bonchev–Trinajstić information content (AvgIpc) is 2.16. The van der Waals surface area contributed by atoms with E-state index >= 15 is 0 Å². The van der Waals surface area contributed by atoms with Crippen LogP contribution in [0.4, 0.5) is 4.39 Å². The quantitative estimate of drug-likeness (QED) is 0.752. The van der Waals surface area contributed by atoms with E-state index in [0.717, 1.165) is 18.5 Å². The molecular weight excluding hydrogens is 165 g/mol. The van der Waals surface area contributed by atoms with Crippen molar-refractivity contribution in [3.63, 3.8) is 0 Å². The van der Waals surface area contributed by atoms with E-state index in [2.05, 4.69) is 12.2 Å². The van der Waals surface area contributed by atoms with Gasteiger partial charge in [0.1, 0.15) is 5.82 Å². The molecule has 0 aliphatic rings. The summed E-state index contributed by atoms with van der Waals surface area (Å²) < 4.78 is 13.3. The number of nitrogens with one attached hydrogen (secondary N) is 1. The minimum absolute atomic E-state index is 0.0930. The molecule has 0 amide bonds. The zero-order valence-corrected chi connectivity index (χ0v) is 8.18. The van der Waals surface area contributed by atoms with E-state index in [1.807, 2.05) is 19.2 Å². The van der Waals surface area contributed by atoms with Crippen LogP contribution in [-0.4, -0.2) is 13.6 Å². The van der Waals surface area contributed by atoms with Crippen molar-refractivity contribution in [2.45, 2.75) is 19.3 Å². The van der Waals surface area contributed by atoms with Gasteiger partial charge in [0.15, 0.2) is 0 Å². The molecule has 1 aromatic rings. The fraction of sp³-hybridized carbons (Fsp3) is 0.455. The summed E-state index contributed by atoms with van der Waals surface area (Å²) in [5, 5.41) is 3.08. The van der Waals surface area contributed by atoms with Crippen molar-refractivity contribution in [2.24, 2.45) is 0 Å². The predicted molar refractivity (Wildman–Crippen MR) is 53.4 cm³/mol. The van der Waals surface area contributed by atoms with Gasteiger partial charge in [0.2, 0.25) is 0 Å². The van der Waals surface area contributed by atoms with Gasteiger partial charge < -0.3 is 5.32 Å². The Labute approximate surface area is 79.0 Å². The van der Waals surface area contributed by atoms with Crippen molar-refractivity contribution in [2.75, 3.05) is 13.6 Å². The molecule has 0 heterocycles. The molecule has 0 saturated heterocycles. The molecular formula is C11H16FN. The molecule has 1 nitrogen and oxygen atoms in total. The Balaban J connectivity index is 2.84. The first-order valence-electron chi connectivity index (χ1n) is 4.68. The summed E-state index contributed by atoms with van der Waals surface area (Å²) in [7, 11) is 1.89. The Morgan fingerprint density at radius 3 is 2.62 bits per heavy atom. The van der Waals surface area contributed by atoms with E-state index < -0.39 is 0 Å². The van der Waals surface area contributed by atoms with E-state index in [4.69, 9.17) is 0 Å². The van der Waals surface area contributed by atoms with Gasteiger partial charge in [-0.3, -0.25) is 0 Å². The van der Waals surface area contributed by atoms with E-state index in [-0.39, 0.29) is 11.7 Å². The molecule has 0 aliphatic heterocycles. The molecule has 0 aliphatic carbocycles. The smallest absolute Gasteiger partial charge is 0.126 e. The molecule has 1 unspecified atom stereocenters. The van der Waals surface area contributed by atoms with Crippen LogP contribution >= 0.6 is 0 Å². The van der Waals surface area contributed by atoms with Crippen molar-refractivity contribution in [3.8, 4) is 0 Å². The van der Waals surface area contributed by atoms with Crippen LogP contribution in [0.1, 0.15) is 24.8 Å². The highest BCUT2D eigenvalue weighted by molar-refractivity contribution is 5.21. The molecule has 0 aromatic heterocycles. The average molecular weight is 181 g/mol. The van der Waals surface area contributed by atoms with Crippen LogP contribution in [0.5, 0.6) is 0 Å². The van der Waals surface area contributed by atoms with Crippen LogP contribution in [0.15, 0.2) is 24.3 Å². The number of hydrogen-bond acceptors (Lipinski definition) is 1. The van der Waals surface area contributed by atoms with E-state index in [1.54, 1.807) is 6.07 Å². The Hall–Kier alpha value is -0.890. The number of benzene rings is 1. The summed E-state index contributed by atoms with van der Waals surface area (Å²) in [5.41, 5.74) is 0.819. The fourth-order valence-electron chi connectivity index (χ4n) is 1.53. The SMILES string of the molecule is CCC(CNC)c1ccccc1F. The monoisotopic (exact) mass is 181 g/mol. The number of halogens is 1. The number of hydrogen-bond donors (Lipinski definition) is 1. The minimum Gasteiger partial charge on any atom is -0.319 e. The standard InChI is InChI=1S/C11H16FN/c1-3-9(8-13-2)10-6-4-5-7-11(10)12/h4-7,9,13H,3,8H2,1-2H3. The second kappa shape index (κ2) is 4.97. The maximum absolute atomic E-state index is 13.3. The summed E-state index contributed by atoms with van der Waals surface area (Å²) in [6, 6.07) is 7.00. The number of rotatable bonds is 4. The highest BCUT2D eigenvalue weighted by atomic mass is 19.1. The molecule has 2 heteroatoms. The van der Waals surface area contributed by atoms with Gasteiger partial charge in [-0.2, -0.15) is 0 Å².